The maximum absolute atomic E-state index is 13.2. The number of ether oxygens (including phenoxy) is 1. The number of nitrogens with one attached hydrogen (secondary N) is 1. The average molecular weight is 388 g/mol. The Labute approximate surface area is 160 Å². The molecule has 3 rings (SSSR count). The number of methoxy groups -OCH3 is 1. The third-order valence-electron chi connectivity index (χ3n) is 4.73. The lowest BCUT2D eigenvalue weighted by molar-refractivity contribution is -0.114. The van der Waals surface area contributed by atoms with Gasteiger partial charge >= 0.3 is 0 Å². The van der Waals surface area contributed by atoms with E-state index in [4.69, 9.17) is 4.74 Å². The summed E-state index contributed by atoms with van der Waals surface area (Å²) in [6, 6.07) is 14.4. The Balaban J connectivity index is 1.89. The molecule has 27 heavy (non-hydrogen) atoms. The molecular formula is C20H24N2O4S. The van der Waals surface area contributed by atoms with Crippen LogP contribution in [0.3, 0.4) is 0 Å². The van der Waals surface area contributed by atoms with Crippen LogP contribution in [-0.4, -0.2) is 38.3 Å². The van der Waals surface area contributed by atoms with Crippen LogP contribution in [0.25, 0.3) is 0 Å². The van der Waals surface area contributed by atoms with Crippen molar-refractivity contribution in [3.8, 4) is 5.75 Å². The Morgan fingerprint density at radius 1 is 1.22 bits per heavy atom. The molecule has 0 spiro atoms. The van der Waals surface area contributed by atoms with Crippen LogP contribution in [0, 0.1) is 0 Å². The molecule has 1 saturated heterocycles. The predicted molar refractivity (Wildman–Crippen MR) is 104 cm³/mol. The van der Waals surface area contributed by atoms with Crippen molar-refractivity contribution in [3.05, 3.63) is 54.1 Å². The van der Waals surface area contributed by atoms with Crippen LogP contribution in [0.4, 0.5) is 5.69 Å². The van der Waals surface area contributed by atoms with Gasteiger partial charge in [0.25, 0.3) is 0 Å². The van der Waals surface area contributed by atoms with Gasteiger partial charge in [-0.1, -0.05) is 30.3 Å². The summed E-state index contributed by atoms with van der Waals surface area (Å²) in [5.41, 5.74) is 1.48. The normalized spacial score (nSPS) is 17.6. The number of amides is 1. The number of rotatable bonds is 6. The molecule has 0 aromatic heterocycles. The van der Waals surface area contributed by atoms with Crippen LogP contribution in [0.15, 0.2) is 53.4 Å². The third-order valence-corrected chi connectivity index (χ3v) is 6.67. The average Bonchev–Trinajstić information content (AvgIpc) is 3.11. The van der Waals surface area contributed by atoms with Crippen molar-refractivity contribution in [2.45, 2.75) is 37.1 Å². The first-order valence-corrected chi connectivity index (χ1v) is 10.4. The first-order valence-electron chi connectivity index (χ1n) is 8.93. The van der Waals surface area contributed by atoms with Crippen molar-refractivity contribution in [3.63, 3.8) is 0 Å². The first-order chi connectivity index (χ1) is 12.9. The molecule has 0 saturated carbocycles. The number of hydrogen-bond donors (Lipinski definition) is 1. The van der Waals surface area contributed by atoms with E-state index in [-0.39, 0.29) is 16.8 Å². The van der Waals surface area contributed by atoms with Gasteiger partial charge in [0.1, 0.15) is 5.75 Å². The van der Waals surface area contributed by atoms with Gasteiger partial charge in [-0.2, -0.15) is 4.31 Å². The minimum absolute atomic E-state index is 0.0660. The van der Waals surface area contributed by atoms with Gasteiger partial charge in [-0.25, -0.2) is 8.42 Å². The first kappa shape index (κ1) is 19.4. The van der Waals surface area contributed by atoms with Crippen molar-refractivity contribution in [2.24, 2.45) is 0 Å². The second-order valence-electron chi connectivity index (χ2n) is 6.64. The number of hydrogen-bond acceptors (Lipinski definition) is 4. The van der Waals surface area contributed by atoms with Gasteiger partial charge in [0.2, 0.25) is 15.9 Å². The highest BCUT2D eigenvalue weighted by Gasteiger charge is 2.35. The van der Waals surface area contributed by atoms with E-state index in [1.807, 2.05) is 30.3 Å². The molecule has 1 aliphatic heterocycles. The van der Waals surface area contributed by atoms with Gasteiger partial charge in [-0.05, 0) is 43.0 Å². The summed E-state index contributed by atoms with van der Waals surface area (Å²) in [6.45, 7) is 1.87. The predicted octanol–water partition coefficient (Wildman–Crippen LogP) is 3.05. The van der Waals surface area contributed by atoms with E-state index in [0.29, 0.717) is 24.4 Å². The molecule has 1 aliphatic rings. The molecule has 1 amide bonds. The summed E-state index contributed by atoms with van der Waals surface area (Å²) in [5.74, 6) is 0.136. The maximum atomic E-state index is 13.2. The highest BCUT2D eigenvalue weighted by molar-refractivity contribution is 7.89. The molecule has 0 radical (unpaired) electrons. The molecular weight excluding hydrogens is 364 g/mol. The van der Waals surface area contributed by atoms with E-state index in [1.165, 1.54) is 26.2 Å². The Hall–Kier alpha value is -2.38. The van der Waals surface area contributed by atoms with E-state index in [9.17, 15) is 13.2 Å². The summed E-state index contributed by atoms with van der Waals surface area (Å²) in [5, 5.41) is 2.63. The minimum atomic E-state index is -3.66. The van der Waals surface area contributed by atoms with E-state index in [0.717, 1.165) is 18.4 Å². The summed E-state index contributed by atoms with van der Waals surface area (Å²) < 4.78 is 33.3. The zero-order valence-electron chi connectivity index (χ0n) is 15.5. The smallest absolute Gasteiger partial charge is 0.243 e. The molecule has 1 unspecified atom stereocenters. The van der Waals surface area contributed by atoms with Gasteiger partial charge in [-0.3, -0.25) is 4.79 Å². The summed E-state index contributed by atoms with van der Waals surface area (Å²) in [7, 11) is -2.19. The van der Waals surface area contributed by atoms with E-state index in [1.54, 1.807) is 10.4 Å². The zero-order valence-corrected chi connectivity index (χ0v) is 16.3. The Kier molecular flexibility index (Phi) is 5.82. The molecule has 0 aliphatic carbocycles. The molecule has 1 fully saturated rings. The van der Waals surface area contributed by atoms with Crippen molar-refractivity contribution >= 4 is 21.6 Å². The molecule has 2 aromatic carbocycles. The summed E-state index contributed by atoms with van der Waals surface area (Å²) in [6.07, 6.45) is 2.36. The second-order valence-corrected chi connectivity index (χ2v) is 8.54. The lowest BCUT2D eigenvalue weighted by Gasteiger charge is -2.24. The Bertz CT molecular complexity index is 913. The third kappa shape index (κ3) is 4.31. The van der Waals surface area contributed by atoms with Crippen LogP contribution in [0.1, 0.15) is 25.3 Å². The monoisotopic (exact) mass is 388 g/mol. The lowest BCUT2D eigenvalue weighted by atomic mass is 10.1. The molecule has 1 N–H and O–H groups in total. The van der Waals surface area contributed by atoms with E-state index >= 15 is 0 Å². The molecule has 1 atom stereocenters. The van der Waals surface area contributed by atoms with Gasteiger partial charge in [0.05, 0.1) is 17.7 Å². The summed E-state index contributed by atoms with van der Waals surface area (Å²) >= 11 is 0. The molecule has 7 heteroatoms. The Morgan fingerprint density at radius 2 is 1.96 bits per heavy atom. The number of anilines is 1. The van der Waals surface area contributed by atoms with Gasteiger partial charge in [0.15, 0.2) is 0 Å². The zero-order chi connectivity index (χ0) is 19.4. The number of benzene rings is 2. The van der Waals surface area contributed by atoms with Crippen LogP contribution in [0.5, 0.6) is 5.75 Å². The van der Waals surface area contributed by atoms with Gasteiger partial charge < -0.3 is 10.1 Å². The molecule has 144 valence electrons. The van der Waals surface area contributed by atoms with Crippen molar-refractivity contribution in [1.82, 2.24) is 4.31 Å². The highest BCUT2D eigenvalue weighted by atomic mass is 32.2. The molecule has 6 nitrogen and oxygen atoms in total. The summed E-state index contributed by atoms with van der Waals surface area (Å²) in [4.78, 5) is 11.6. The van der Waals surface area contributed by atoms with Gasteiger partial charge in [-0.15, -0.1) is 0 Å². The van der Waals surface area contributed by atoms with Crippen molar-refractivity contribution < 1.29 is 17.9 Å². The number of nitrogens with zero attached hydrogens (tertiary/aromatic N) is 1. The molecule has 2 aromatic rings. The lowest BCUT2D eigenvalue weighted by Crippen LogP contribution is -2.36. The fourth-order valence-corrected chi connectivity index (χ4v) is 5.21. The fourth-order valence-electron chi connectivity index (χ4n) is 3.49. The van der Waals surface area contributed by atoms with Crippen LogP contribution in [-0.2, 0) is 21.2 Å². The number of carbonyl (C=O) groups excluding carboxylic acids is 1. The largest absolute Gasteiger partial charge is 0.495 e. The highest BCUT2D eigenvalue weighted by Crippen LogP contribution is 2.32. The molecule has 1 heterocycles. The van der Waals surface area contributed by atoms with Gasteiger partial charge in [0, 0.05) is 19.5 Å². The SMILES string of the molecule is COc1ccc(S(=O)(=O)N2CCCC2Cc2ccccc2)cc1NC(C)=O. The topological polar surface area (TPSA) is 75.7 Å². The number of carbonyl (C=O) groups is 1. The fraction of sp³-hybridized carbons (Fsp3) is 0.350. The minimum Gasteiger partial charge on any atom is -0.495 e. The van der Waals surface area contributed by atoms with E-state index < -0.39 is 10.0 Å². The van der Waals surface area contributed by atoms with Crippen LogP contribution < -0.4 is 10.1 Å². The van der Waals surface area contributed by atoms with Crippen molar-refractivity contribution in [2.75, 3.05) is 19.0 Å². The maximum Gasteiger partial charge on any atom is 0.243 e. The number of sulfonamides is 1. The van der Waals surface area contributed by atoms with E-state index in [2.05, 4.69) is 5.32 Å². The Morgan fingerprint density at radius 3 is 2.63 bits per heavy atom. The second kappa shape index (κ2) is 8.10. The van der Waals surface area contributed by atoms with Crippen molar-refractivity contribution in [1.29, 1.82) is 0 Å². The quantitative estimate of drug-likeness (QED) is 0.825. The van der Waals surface area contributed by atoms with Crippen LogP contribution >= 0.6 is 0 Å². The molecule has 0 bridgehead atoms. The van der Waals surface area contributed by atoms with Crippen LogP contribution in [0.2, 0.25) is 0 Å². The standard InChI is InChI=1S/C20H24N2O4S/c1-15(23)21-19-14-18(10-11-20(19)26-2)27(24,25)22-12-6-9-17(22)13-16-7-4-3-5-8-16/h3-5,7-8,10-11,14,17H,6,9,12-13H2,1-2H3,(H,21,23).